The van der Waals surface area contributed by atoms with Crippen molar-refractivity contribution in [1.29, 1.82) is 0 Å². The zero-order valence-corrected chi connectivity index (χ0v) is 12.0. The molecule has 1 fully saturated rings. The molecule has 0 bridgehead atoms. The summed E-state index contributed by atoms with van der Waals surface area (Å²) in [6, 6.07) is 4.65. The highest BCUT2D eigenvalue weighted by atomic mass is 32.3. The summed E-state index contributed by atoms with van der Waals surface area (Å²) in [7, 11) is -3.36. The zero-order chi connectivity index (χ0) is 15.6. The normalized spacial score (nSPS) is 22.2. The van der Waals surface area contributed by atoms with E-state index in [9.17, 15) is 24.1 Å². The van der Waals surface area contributed by atoms with E-state index in [1.807, 2.05) is 0 Å². The number of aliphatic hydroxyl groups excluding tert-OH is 1. The SMILES string of the molecule is O=C(O)CCCc1ccc(N2CC(O)NS2(O)O)c(O)c1. The Hall–Kier alpha value is -1.52. The Morgan fingerprint density at radius 3 is 2.67 bits per heavy atom. The van der Waals surface area contributed by atoms with Crippen LogP contribution in [0.3, 0.4) is 0 Å². The summed E-state index contributed by atoms with van der Waals surface area (Å²) < 4.78 is 22.9. The molecule has 1 aromatic carbocycles. The highest BCUT2D eigenvalue weighted by Gasteiger charge is 2.36. The molecule has 1 aliphatic heterocycles. The van der Waals surface area contributed by atoms with Gasteiger partial charge in [-0.05, 0) is 30.5 Å². The number of hydrogen-bond acceptors (Lipinski definition) is 7. The van der Waals surface area contributed by atoms with E-state index in [0.717, 1.165) is 9.87 Å². The number of rotatable bonds is 5. The van der Waals surface area contributed by atoms with Crippen LogP contribution in [0.25, 0.3) is 0 Å². The van der Waals surface area contributed by atoms with Crippen molar-refractivity contribution in [3.05, 3.63) is 23.8 Å². The molecule has 0 saturated carbocycles. The number of anilines is 1. The van der Waals surface area contributed by atoms with E-state index in [1.54, 1.807) is 6.07 Å². The molecule has 1 saturated heterocycles. The third kappa shape index (κ3) is 3.77. The van der Waals surface area contributed by atoms with Crippen LogP contribution >= 0.6 is 11.0 Å². The van der Waals surface area contributed by atoms with Crippen LogP contribution in [0.4, 0.5) is 5.69 Å². The number of nitrogens with zero attached hydrogens (tertiary/aromatic N) is 1. The monoisotopic (exact) mass is 318 g/mol. The molecule has 21 heavy (non-hydrogen) atoms. The predicted octanol–water partition coefficient (Wildman–Crippen LogP) is 1.11. The van der Waals surface area contributed by atoms with Crippen LogP contribution in [0.2, 0.25) is 0 Å². The Bertz CT molecular complexity index is 538. The fourth-order valence-corrected chi connectivity index (χ4v) is 3.50. The Morgan fingerprint density at radius 1 is 1.43 bits per heavy atom. The van der Waals surface area contributed by atoms with Crippen molar-refractivity contribution < 1.29 is 29.2 Å². The molecule has 1 heterocycles. The number of phenols is 1. The van der Waals surface area contributed by atoms with Gasteiger partial charge in [0.1, 0.15) is 17.7 Å². The topological polar surface area (TPSA) is 133 Å². The molecule has 1 aromatic rings. The second kappa shape index (κ2) is 6.08. The first-order valence-electron chi connectivity index (χ1n) is 6.34. The number of phenolic OH excluding ortho intramolecular Hbond substituents is 1. The van der Waals surface area contributed by atoms with Gasteiger partial charge in [0, 0.05) is 6.42 Å². The minimum absolute atomic E-state index is 0.0469. The molecule has 0 aromatic heterocycles. The first-order chi connectivity index (χ1) is 9.79. The summed E-state index contributed by atoms with van der Waals surface area (Å²) >= 11 is 0. The lowest BCUT2D eigenvalue weighted by molar-refractivity contribution is -0.137. The number of carboxylic acid groups (broad SMARTS) is 1. The third-order valence-corrected chi connectivity index (χ3v) is 4.65. The second-order valence-corrected chi connectivity index (χ2v) is 6.50. The van der Waals surface area contributed by atoms with E-state index in [2.05, 4.69) is 4.72 Å². The van der Waals surface area contributed by atoms with E-state index in [0.29, 0.717) is 12.8 Å². The molecule has 9 heteroatoms. The maximum Gasteiger partial charge on any atom is 0.303 e. The van der Waals surface area contributed by atoms with Gasteiger partial charge in [0.2, 0.25) is 0 Å². The van der Waals surface area contributed by atoms with E-state index in [1.165, 1.54) is 12.1 Å². The van der Waals surface area contributed by atoms with Crippen LogP contribution in [0.1, 0.15) is 18.4 Å². The van der Waals surface area contributed by atoms with Crippen molar-refractivity contribution in [2.24, 2.45) is 0 Å². The molecule has 1 aliphatic rings. The molecule has 0 amide bonds. The molecule has 0 aliphatic carbocycles. The van der Waals surface area contributed by atoms with E-state index >= 15 is 0 Å². The summed E-state index contributed by atoms with van der Waals surface area (Å²) in [4.78, 5) is 10.4. The van der Waals surface area contributed by atoms with Gasteiger partial charge in [-0.25, -0.2) is 0 Å². The quantitative estimate of drug-likeness (QED) is 0.475. The van der Waals surface area contributed by atoms with Gasteiger partial charge in [0.05, 0.1) is 6.54 Å². The number of nitrogens with one attached hydrogen (secondary N) is 1. The van der Waals surface area contributed by atoms with Gasteiger partial charge in [-0.1, -0.05) is 17.0 Å². The number of aliphatic carboxylic acids is 1. The minimum atomic E-state index is -3.36. The zero-order valence-electron chi connectivity index (χ0n) is 11.1. The van der Waals surface area contributed by atoms with Crippen molar-refractivity contribution in [3.63, 3.8) is 0 Å². The lowest BCUT2D eigenvalue weighted by Gasteiger charge is -2.36. The third-order valence-electron chi connectivity index (χ3n) is 3.10. The van der Waals surface area contributed by atoms with Crippen LogP contribution in [-0.4, -0.2) is 43.2 Å². The predicted molar refractivity (Wildman–Crippen MR) is 78.0 cm³/mol. The number of carboxylic acids is 1. The fraction of sp³-hybridized carbons (Fsp3) is 0.417. The molecular weight excluding hydrogens is 300 g/mol. The average Bonchev–Trinajstić information content (AvgIpc) is 2.62. The highest BCUT2D eigenvalue weighted by Crippen LogP contribution is 2.49. The van der Waals surface area contributed by atoms with Crippen LogP contribution in [0, 0.1) is 0 Å². The van der Waals surface area contributed by atoms with Gasteiger partial charge >= 0.3 is 5.97 Å². The largest absolute Gasteiger partial charge is 0.506 e. The number of aromatic hydroxyl groups is 1. The van der Waals surface area contributed by atoms with Crippen LogP contribution in [0.15, 0.2) is 18.2 Å². The van der Waals surface area contributed by atoms with Gasteiger partial charge in [-0.2, -0.15) is 4.72 Å². The first-order valence-corrected chi connectivity index (χ1v) is 7.85. The number of β-amino-alcohol motifs (C(OH)–C–C–N with tert-alkyl or cyclic N) is 1. The molecular formula is C12H18N2O6S. The lowest BCUT2D eigenvalue weighted by atomic mass is 10.1. The van der Waals surface area contributed by atoms with Crippen molar-refractivity contribution >= 4 is 22.6 Å². The van der Waals surface area contributed by atoms with Crippen molar-refractivity contribution in [1.82, 2.24) is 4.72 Å². The smallest absolute Gasteiger partial charge is 0.303 e. The van der Waals surface area contributed by atoms with Gasteiger partial charge < -0.3 is 15.3 Å². The molecule has 1 unspecified atom stereocenters. The van der Waals surface area contributed by atoms with Crippen molar-refractivity contribution in [3.8, 4) is 5.75 Å². The maximum absolute atomic E-state index is 10.4. The number of benzene rings is 1. The molecule has 118 valence electrons. The average molecular weight is 318 g/mol. The standard InChI is InChI=1S/C12H18N2O6S/c15-10-6-8(2-1-3-12(17)18)4-5-9(10)14-7-11(16)13-21(14,19)20/h4-6,11,13,15-16,19-20H,1-3,7H2,(H,17,18). The summed E-state index contributed by atoms with van der Waals surface area (Å²) in [5.41, 5.74) is 0.947. The molecule has 0 radical (unpaired) electrons. The summed E-state index contributed by atoms with van der Waals surface area (Å²) in [5, 5.41) is 28.0. The molecule has 6 N–H and O–H groups in total. The second-order valence-electron chi connectivity index (χ2n) is 4.78. The Kier molecular flexibility index (Phi) is 4.59. The Balaban J connectivity index is 2.11. The van der Waals surface area contributed by atoms with E-state index in [-0.39, 0.29) is 24.4 Å². The number of aliphatic hydroxyl groups is 1. The highest BCUT2D eigenvalue weighted by molar-refractivity contribution is 8.24. The molecule has 2 rings (SSSR count). The number of carbonyl (C=O) groups is 1. The molecule has 8 nitrogen and oxygen atoms in total. The lowest BCUT2D eigenvalue weighted by Crippen LogP contribution is -2.25. The fourth-order valence-electron chi connectivity index (χ4n) is 2.16. The minimum Gasteiger partial charge on any atom is -0.506 e. The van der Waals surface area contributed by atoms with Gasteiger partial charge in [0.25, 0.3) is 0 Å². The van der Waals surface area contributed by atoms with Gasteiger partial charge in [-0.15, -0.1) is 0 Å². The summed E-state index contributed by atoms with van der Waals surface area (Å²) in [5.74, 6) is -1.03. The first kappa shape index (κ1) is 15.9. The number of aryl methyl sites for hydroxylation is 1. The summed E-state index contributed by atoms with van der Waals surface area (Å²) in [6.07, 6.45) is -0.0970. The van der Waals surface area contributed by atoms with Crippen LogP contribution in [0.5, 0.6) is 5.75 Å². The molecule has 1 atom stereocenters. The van der Waals surface area contributed by atoms with E-state index < -0.39 is 23.2 Å². The Labute approximate surface area is 123 Å². The van der Waals surface area contributed by atoms with E-state index in [4.69, 9.17) is 5.11 Å². The van der Waals surface area contributed by atoms with Crippen molar-refractivity contribution in [2.75, 3.05) is 10.8 Å². The van der Waals surface area contributed by atoms with Crippen molar-refractivity contribution in [2.45, 2.75) is 25.5 Å². The molecule has 0 spiro atoms. The van der Waals surface area contributed by atoms with Gasteiger partial charge in [0.15, 0.2) is 0 Å². The van der Waals surface area contributed by atoms with Crippen LogP contribution in [-0.2, 0) is 11.2 Å². The number of hydrogen-bond donors (Lipinski definition) is 6. The summed E-state index contributed by atoms with van der Waals surface area (Å²) in [6.45, 7) is -0.0613. The van der Waals surface area contributed by atoms with Gasteiger partial charge in [-0.3, -0.25) is 18.2 Å². The van der Waals surface area contributed by atoms with Crippen LogP contribution < -0.4 is 9.03 Å². The Morgan fingerprint density at radius 2 is 2.14 bits per heavy atom. The maximum atomic E-state index is 10.4.